The van der Waals surface area contributed by atoms with Crippen LogP contribution in [-0.4, -0.2) is 74.8 Å². The van der Waals surface area contributed by atoms with Crippen LogP contribution in [0.3, 0.4) is 0 Å². The van der Waals surface area contributed by atoms with Gasteiger partial charge in [0.2, 0.25) is 5.91 Å². The van der Waals surface area contributed by atoms with E-state index in [1.54, 1.807) is 19.0 Å². The Morgan fingerprint density at radius 1 is 1.09 bits per heavy atom. The first-order valence-electron chi connectivity index (χ1n) is 11.1. The van der Waals surface area contributed by atoms with Crippen molar-refractivity contribution < 1.29 is 22.7 Å². The Labute approximate surface area is 192 Å². The molecule has 1 aliphatic carbocycles. The van der Waals surface area contributed by atoms with E-state index in [1.807, 2.05) is 30.3 Å². The maximum absolute atomic E-state index is 13.5. The average molecular weight is 482 g/mol. The van der Waals surface area contributed by atoms with Crippen LogP contribution in [0.5, 0.6) is 0 Å². The average Bonchev–Trinajstić information content (AvgIpc) is 2.93. The molecule has 3 rings (SSSR count). The van der Waals surface area contributed by atoms with Crippen LogP contribution in [0.2, 0.25) is 25.7 Å². The lowest BCUT2D eigenvalue weighted by molar-refractivity contribution is -0.134. The second kappa shape index (κ2) is 9.52. The highest BCUT2D eigenvalue weighted by atomic mass is 32.2. The van der Waals surface area contributed by atoms with E-state index in [4.69, 9.17) is 4.74 Å². The predicted molar refractivity (Wildman–Crippen MR) is 126 cm³/mol. The molecule has 0 unspecified atom stereocenters. The molecule has 10 heteroatoms. The van der Waals surface area contributed by atoms with Crippen molar-refractivity contribution in [2.45, 2.75) is 63.6 Å². The highest BCUT2D eigenvalue weighted by molar-refractivity contribution is 7.87. The van der Waals surface area contributed by atoms with Crippen molar-refractivity contribution in [3.8, 4) is 0 Å². The van der Waals surface area contributed by atoms with E-state index in [0.29, 0.717) is 19.3 Å². The molecule has 3 atom stereocenters. The van der Waals surface area contributed by atoms with Crippen molar-refractivity contribution in [3.63, 3.8) is 0 Å². The number of amides is 2. The van der Waals surface area contributed by atoms with E-state index in [9.17, 15) is 18.0 Å². The lowest BCUT2D eigenvalue weighted by Gasteiger charge is -2.34. The van der Waals surface area contributed by atoms with Crippen LogP contribution in [0.4, 0.5) is 4.79 Å². The van der Waals surface area contributed by atoms with Gasteiger partial charge in [-0.3, -0.25) is 4.79 Å². The molecular formula is C22H35N3O5SSi. The zero-order valence-electron chi connectivity index (χ0n) is 19.7. The van der Waals surface area contributed by atoms with Crippen molar-refractivity contribution in [1.82, 2.24) is 13.5 Å². The number of ether oxygens (including phenoxy) is 1. The number of hydrogen-bond donors (Lipinski definition) is 0. The second-order valence-electron chi connectivity index (χ2n) is 10.1. The molecule has 8 nitrogen and oxygen atoms in total. The highest BCUT2D eigenvalue weighted by Gasteiger charge is 2.56. The molecule has 1 aromatic carbocycles. The Balaban J connectivity index is 1.87. The molecule has 2 amide bonds. The van der Waals surface area contributed by atoms with Crippen LogP contribution in [0.15, 0.2) is 30.3 Å². The summed E-state index contributed by atoms with van der Waals surface area (Å²) in [5.41, 5.74) is 0.838. The maximum Gasteiger partial charge on any atom is 0.424 e. The van der Waals surface area contributed by atoms with Crippen LogP contribution in [0.1, 0.15) is 24.8 Å². The number of fused-ring (bicyclic) bond motifs is 1. The van der Waals surface area contributed by atoms with Gasteiger partial charge in [0.05, 0.1) is 12.6 Å². The first-order valence-corrected chi connectivity index (χ1v) is 16.3. The van der Waals surface area contributed by atoms with Crippen LogP contribution in [-0.2, 0) is 26.3 Å². The Morgan fingerprint density at radius 3 is 2.34 bits per heavy atom. The summed E-state index contributed by atoms with van der Waals surface area (Å²) in [7, 11) is -2.07. The molecule has 1 aliphatic heterocycles. The molecule has 1 heterocycles. The predicted octanol–water partition coefficient (Wildman–Crippen LogP) is 3.15. The summed E-state index contributed by atoms with van der Waals surface area (Å²) in [6.45, 7) is 6.90. The monoisotopic (exact) mass is 481 g/mol. The number of hydrogen-bond acceptors (Lipinski definition) is 5. The van der Waals surface area contributed by atoms with Crippen LogP contribution in [0, 0.1) is 5.92 Å². The van der Waals surface area contributed by atoms with Gasteiger partial charge in [0.1, 0.15) is 0 Å². The van der Waals surface area contributed by atoms with Crippen LogP contribution in [0.25, 0.3) is 0 Å². The Bertz CT molecular complexity index is 933. The van der Waals surface area contributed by atoms with Gasteiger partial charge in [0.15, 0.2) is 0 Å². The third kappa shape index (κ3) is 5.35. The summed E-state index contributed by atoms with van der Waals surface area (Å²) in [6, 6.07) is 9.12. The van der Waals surface area contributed by atoms with E-state index in [-0.39, 0.29) is 25.0 Å². The zero-order chi connectivity index (χ0) is 23.7. The summed E-state index contributed by atoms with van der Waals surface area (Å²) >= 11 is 0. The van der Waals surface area contributed by atoms with Gasteiger partial charge in [0, 0.05) is 40.7 Å². The molecule has 0 spiro atoms. The minimum absolute atomic E-state index is 0.00308. The highest BCUT2D eigenvalue weighted by Crippen LogP contribution is 2.41. The fourth-order valence-electron chi connectivity index (χ4n) is 4.46. The molecule has 1 aromatic rings. The maximum atomic E-state index is 13.5. The van der Waals surface area contributed by atoms with Crippen molar-refractivity contribution in [2.24, 2.45) is 5.92 Å². The molecule has 0 N–H and O–H groups in total. The number of benzene rings is 1. The van der Waals surface area contributed by atoms with Gasteiger partial charge in [-0.15, -0.1) is 0 Å². The first kappa shape index (κ1) is 24.7. The van der Waals surface area contributed by atoms with Crippen LogP contribution < -0.4 is 0 Å². The number of carbonyl (C=O) groups excluding carboxylic acids is 2. The molecule has 2 aliphatic rings. The van der Waals surface area contributed by atoms with Crippen LogP contribution >= 0.6 is 0 Å². The lowest BCUT2D eigenvalue weighted by atomic mass is 9.81. The van der Waals surface area contributed by atoms with E-state index in [2.05, 4.69) is 19.6 Å². The molecule has 2 fully saturated rings. The molecule has 178 valence electrons. The van der Waals surface area contributed by atoms with E-state index in [0.717, 1.165) is 15.9 Å². The van der Waals surface area contributed by atoms with Gasteiger partial charge in [-0.25, -0.2) is 4.79 Å². The van der Waals surface area contributed by atoms with Crippen molar-refractivity contribution in [2.75, 3.05) is 20.7 Å². The number of nitrogens with zero attached hydrogens (tertiary/aromatic N) is 3. The zero-order valence-corrected chi connectivity index (χ0v) is 21.5. The molecule has 1 saturated heterocycles. The fraction of sp³-hybridized carbons (Fsp3) is 0.636. The smallest absolute Gasteiger partial charge is 0.424 e. The normalized spacial score (nSPS) is 25.3. The summed E-state index contributed by atoms with van der Waals surface area (Å²) in [5, 5.41) is 0. The van der Waals surface area contributed by atoms with E-state index in [1.165, 1.54) is 4.31 Å². The Hall–Kier alpha value is -1.91. The van der Waals surface area contributed by atoms with Gasteiger partial charge in [-0.1, -0.05) is 50.0 Å². The van der Waals surface area contributed by atoms with Gasteiger partial charge in [-0.05, 0) is 30.9 Å². The topological polar surface area (TPSA) is 87.2 Å². The number of carbonyl (C=O) groups is 2. The van der Waals surface area contributed by atoms with E-state index >= 15 is 0 Å². The van der Waals surface area contributed by atoms with Gasteiger partial charge in [-0.2, -0.15) is 17.0 Å². The summed E-state index contributed by atoms with van der Waals surface area (Å²) in [5.74, 6) is -0.265. The van der Waals surface area contributed by atoms with Gasteiger partial charge >= 0.3 is 16.3 Å². The standard InChI is InChI=1S/C22H35N3O5SSi/c1-23(2)21(26)18-11-12-19-20(15-18)24(16-17-9-7-6-8-10-17)31(28,29)25(19)22(27)30-13-14-32(3,4)5/h6-10,18-20H,11-16H2,1-5H3/t18-,19-,20+/m0/s1. The van der Waals surface area contributed by atoms with Gasteiger partial charge < -0.3 is 9.64 Å². The largest absolute Gasteiger partial charge is 0.449 e. The molecule has 0 bridgehead atoms. The summed E-state index contributed by atoms with van der Waals surface area (Å²) in [6.07, 6.45) is 0.590. The van der Waals surface area contributed by atoms with Gasteiger partial charge in [0.25, 0.3) is 0 Å². The molecule has 1 saturated carbocycles. The summed E-state index contributed by atoms with van der Waals surface area (Å²) in [4.78, 5) is 27.1. The third-order valence-corrected chi connectivity index (χ3v) is 9.84. The Morgan fingerprint density at radius 2 is 1.75 bits per heavy atom. The molecule has 0 radical (unpaired) electrons. The number of rotatable bonds is 6. The summed E-state index contributed by atoms with van der Waals surface area (Å²) < 4.78 is 34.9. The van der Waals surface area contributed by atoms with Crippen molar-refractivity contribution in [1.29, 1.82) is 0 Å². The first-order chi connectivity index (χ1) is 14.9. The fourth-order valence-corrected chi connectivity index (χ4v) is 7.11. The van der Waals surface area contributed by atoms with E-state index < -0.39 is 36.5 Å². The molecule has 32 heavy (non-hydrogen) atoms. The Kier molecular flexibility index (Phi) is 7.36. The SMILES string of the molecule is CN(C)C(=O)[C@H]1CC[C@H]2[C@@H](C1)N(Cc1ccccc1)S(=O)(=O)N2C(=O)OCC[Si](C)(C)C. The molecule has 0 aromatic heterocycles. The van der Waals surface area contributed by atoms with Crippen molar-refractivity contribution >= 4 is 30.3 Å². The quantitative estimate of drug-likeness (QED) is 0.583. The second-order valence-corrected chi connectivity index (χ2v) is 17.5. The van der Waals surface area contributed by atoms with Crippen molar-refractivity contribution in [3.05, 3.63) is 35.9 Å². The molecular weight excluding hydrogens is 446 g/mol. The lowest BCUT2D eigenvalue weighted by Crippen LogP contribution is -2.47. The minimum atomic E-state index is -4.06. The third-order valence-electron chi connectivity index (χ3n) is 6.23. The minimum Gasteiger partial charge on any atom is -0.449 e.